The molecule has 0 bridgehead atoms. The molecule has 0 amide bonds. The van der Waals surface area contributed by atoms with Gasteiger partial charge in [-0.2, -0.15) is 0 Å². The molecule has 0 unspecified atom stereocenters. The molecule has 0 rings (SSSR count). The van der Waals surface area contributed by atoms with Gasteiger partial charge in [-0.15, -0.1) is 0 Å². The van der Waals surface area contributed by atoms with Gasteiger partial charge in [0.25, 0.3) is 0 Å². The van der Waals surface area contributed by atoms with E-state index in [2.05, 4.69) is 0 Å². The highest BCUT2D eigenvalue weighted by Gasteiger charge is 1.89. The van der Waals surface area contributed by atoms with Gasteiger partial charge in [-0.1, -0.05) is 12.8 Å². The molecule has 0 atom stereocenters. The summed E-state index contributed by atoms with van der Waals surface area (Å²) in [4.78, 5) is 0. The molecule has 0 spiro atoms. The molecule has 0 radical (unpaired) electrons. The molecule has 12 heavy (non-hydrogen) atoms. The summed E-state index contributed by atoms with van der Waals surface area (Å²) < 4.78 is 10.5. The fourth-order valence-electron chi connectivity index (χ4n) is 1.05. The van der Waals surface area contributed by atoms with Gasteiger partial charge in [-0.3, -0.25) is 0 Å². The van der Waals surface area contributed by atoms with Crippen LogP contribution in [0.1, 0.15) is 39.5 Å². The lowest BCUT2D eigenvalue weighted by Crippen LogP contribution is -1.95. The van der Waals surface area contributed by atoms with Crippen LogP contribution in [-0.2, 0) is 9.47 Å². The Bertz CT molecular complexity index is 64.2. The Labute approximate surface area is 76.3 Å². The molecule has 0 aliphatic carbocycles. The topological polar surface area (TPSA) is 18.5 Å². The van der Waals surface area contributed by atoms with Crippen LogP contribution in [0.15, 0.2) is 0 Å². The van der Waals surface area contributed by atoms with Crippen molar-refractivity contribution < 1.29 is 9.47 Å². The van der Waals surface area contributed by atoms with E-state index in [9.17, 15) is 0 Å². The Balaban J connectivity index is 2.73. The van der Waals surface area contributed by atoms with Crippen LogP contribution >= 0.6 is 0 Å². The third kappa shape index (κ3) is 9.92. The van der Waals surface area contributed by atoms with Crippen LogP contribution < -0.4 is 0 Å². The molecule has 0 N–H and O–H groups in total. The minimum Gasteiger partial charge on any atom is -0.382 e. The van der Waals surface area contributed by atoms with Gasteiger partial charge in [-0.25, -0.2) is 0 Å². The highest BCUT2D eigenvalue weighted by molar-refractivity contribution is 4.42. The summed E-state index contributed by atoms with van der Waals surface area (Å²) in [6.07, 6.45) is 4.93. The van der Waals surface area contributed by atoms with E-state index >= 15 is 0 Å². The number of unbranched alkanes of at least 4 members (excludes halogenated alkanes) is 3. The van der Waals surface area contributed by atoms with Crippen LogP contribution in [-0.4, -0.2) is 26.4 Å². The Kier molecular flexibility index (Phi) is 10.8. The zero-order chi connectivity index (χ0) is 9.07. The van der Waals surface area contributed by atoms with Gasteiger partial charge in [-0.05, 0) is 26.7 Å². The first-order chi connectivity index (χ1) is 5.91. The van der Waals surface area contributed by atoms with Crippen molar-refractivity contribution in [3.8, 4) is 0 Å². The number of hydrogen-bond acceptors (Lipinski definition) is 2. The van der Waals surface area contributed by atoms with E-state index in [0.29, 0.717) is 0 Å². The maximum absolute atomic E-state index is 5.23. The summed E-state index contributed by atoms with van der Waals surface area (Å²) in [7, 11) is 0. The van der Waals surface area contributed by atoms with E-state index in [-0.39, 0.29) is 0 Å². The van der Waals surface area contributed by atoms with E-state index in [1.54, 1.807) is 0 Å². The van der Waals surface area contributed by atoms with E-state index in [1.165, 1.54) is 25.7 Å². The second-order valence-electron chi connectivity index (χ2n) is 2.81. The molecule has 0 aliphatic heterocycles. The van der Waals surface area contributed by atoms with Crippen molar-refractivity contribution >= 4 is 0 Å². The normalized spacial score (nSPS) is 10.5. The molecule has 0 fully saturated rings. The Morgan fingerprint density at radius 1 is 0.667 bits per heavy atom. The second kappa shape index (κ2) is 10.9. The lowest BCUT2D eigenvalue weighted by atomic mass is 10.2. The van der Waals surface area contributed by atoms with Gasteiger partial charge in [0.15, 0.2) is 0 Å². The molecule has 0 saturated carbocycles. The Morgan fingerprint density at radius 2 is 1.08 bits per heavy atom. The van der Waals surface area contributed by atoms with Crippen molar-refractivity contribution in [3.63, 3.8) is 0 Å². The van der Waals surface area contributed by atoms with Gasteiger partial charge in [0.05, 0.1) is 0 Å². The van der Waals surface area contributed by atoms with Gasteiger partial charge in [0.1, 0.15) is 0 Å². The predicted octanol–water partition coefficient (Wildman–Crippen LogP) is 2.62. The van der Waals surface area contributed by atoms with Crippen molar-refractivity contribution in [1.82, 2.24) is 0 Å². The zero-order valence-corrected chi connectivity index (χ0v) is 8.47. The SMILES string of the molecule is CCOCCCCCCOCC. The molecule has 2 nitrogen and oxygen atoms in total. The summed E-state index contributed by atoms with van der Waals surface area (Å²) in [5, 5.41) is 0. The molecule has 0 aliphatic rings. The summed E-state index contributed by atoms with van der Waals surface area (Å²) in [6.45, 7) is 7.61. The molecule has 0 aromatic rings. The molecule has 0 heterocycles. The molecule has 0 saturated heterocycles. The molecular formula is C10H22O2. The average molecular weight is 174 g/mol. The number of rotatable bonds is 9. The van der Waals surface area contributed by atoms with Crippen molar-refractivity contribution in [2.45, 2.75) is 39.5 Å². The van der Waals surface area contributed by atoms with Crippen LogP contribution in [0.25, 0.3) is 0 Å². The lowest BCUT2D eigenvalue weighted by Gasteiger charge is -2.01. The average Bonchev–Trinajstić information content (AvgIpc) is 2.10. The number of hydrogen-bond donors (Lipinski definition) is 0. The maximum Gasteiger partial charge on any atom is 0.0465 e. The predicted molar refractivity (Wildman–Crippen MR) is 51.5 cm³/mol. The highest BCUT2D eigenvalue weighted by atomic mass is 16.5. The van der Waals surface area contributed by atoms with Crippen LogP contribution in [0.2, 0.25) is 0 Å². The van der Waals surface area contributed by atoms with E-state index in [4.69, 9.17) is 9.47 Å². The van der Waals surface area contributed by atoms with Crippen molar-refractivity contribution in [2.75, 3.05) is 26.4 Å². The second-order valence-corrected chi connectivity index (χ2v) is 2.81. The fourth-order valence-corrected chi connectivity index (χ4v) is 1.05. The van der Waals surface area contributed by atoms with E-state index in [0.717, 1.165) is 26.4 Å². The third-order valence-corrected chi connectivity index (χ3v) is 1.74. The minimum absolute atomic E-state index is 0.846. The quantitative estimate of drug-likeness (QED) is 0.500. The molecule has 0 aromatic carbocycles. The van der Waals surface area contributed by atoms with Crippen LogP contribution in [0.3, 0.4) is 0 Å². The van der Waals surface area contributed by atoms with E-state index in [1.807, 2.05) is 13.8 Å². The fraction of sp³-hybridized carbons (Fsp3) is 1.00. The highest BCUT2D eigenvalue weighted by Crippen LogP contribution is 2.00. The monoisotopic (exact) mass is 174 g/mol. The molecule has 0 aromatic heterocycles. The smallest absolute Gasteiger partial charge is 0.0465 e. The number of ether oxygens (including phenoxy) is 2. The zero-order valence-electron chi connectivity index (χ0n) is 8.47. The van der Waals surface area contributed by atoms with Gasteiger partial charge in [0.2, 0.25) is 0 Å². The van der Waals surface area contributed by atoms with Gasteiger partial charge < -0.3 is 9.47 Å². The Morgan fingerprint density at radius 3 is 1.42 bits per heavy atom. The summed E-state index contributed by atoms with van der Waals surface area (Å²) in [6, 6.07) is 0. The summed E-state index contributed by atoms with van der Waals surface area (Å²) in [5.74, 6) is 0. The Hall–Kier alpha value is -0.0800. The van der Waals surface area contributed by atoms with Crippen molar-refractivity contribution in [3.05, 3.63) is 0 Å². The maximum atomic E-state index is 5.23. The first-order valence-electron chi connectivity index (χ1n) is 5.07. The third-order valence-electron chi connectivity index (χ3n) is 1.74. The molecule has 2 heteroatoms. The first-order valence-corrected chi connectivity index (χ1v) is 5.07. The largest absolute Gasteiger partial charge is 0.382 e. The summed E-state index contributed by atoms with van der Waals surface area (Å²) in [5.41, 5.74) is 0. The van der Waals surface area contributed by atoms with E-state index < -0.39 is 0 Å². The minimum atomic E-state index is 0.846. The lowest BCUT2D eigenvalue weighted by molar-refractivity contribution is 0.133. The van der Waals surface area contributed by atoms with Crippen LogP contribution in [0, 0.1) is 0 Å². The van der Waals surface area contributed by atoms with Crippen LogP contribution in [0.4, 0.5) is 0 Å². The molecular weight excluding hydrogens is 152 g/mol. The molecule has 74 valence electrons. The van der Waals surface area contributed by atoms with Crippen molar-refractivity contribution in [2.24, 2.45) is 0 Å². The van der Waals surface area contributed by atoms with Gasteiger partial charge in [0, 0.05) is 26.4 Å². The first kappa shape index (κ1) is 11.9. The summed E-state index contributed by atoms with van der Waals surface area (Å²) >= 11 is 0. The van der Waals surface area contributed by atoms with Gasteiger partial charge >= 0.3 is 0 Å². The standard InChI is InChI=1S/C10H22O2/c1-3-11-9-7-5-6-8-10-12-4-2/h3-10H2,1-2H3. The van der Waals surface area contributed by atoms with Crippen LogP contribution in [0.5, 0.6) is 0 Å². The van der Waals surface area contributed by atoms with Crippen molar-refractivity contribution in [1.29, 1.82) is 0 Å².